The van der Waals surface area contributed by atoms with E-state index in [1.54, 1.807) is 6.07 Å². The maximum Gasteiger partial charge on any atom is 0.120 e. The first kappa shape index (κ1) is 14.4. The highest BCUT2D eigenvalue weighted by atomic mass is 16.3. The Morgan fingerprint density at radius 1 is 1.32 bits per heavy atom. The highest BCUT2D eigenvalue weighted by Crippen LogP contribution is 2.18. The van der Waals surface area contributed by atoms with Crippen LogP contribution in [0.3, 0.4) is 0 Å². The second-order valence-corrected chi connectivity index (χ2v) is 5.83. The maximum atomic E-state index is 9.76. The minimum Gasteiger partial charge on any atom is -0.508 e. The standard InChI is InChI=1S/C16H26N2O/c1-13-5-8-18(9-6-13)10-7-17-12-15-11-14(2)3-4-16(15)19/h3-4,11,13,17,19H,5-10,12H2,1-2H3. The third kappa shape index (κ3) is 4.51. The van der Waals surface area contributed by atoms with E-state index in [4.69, 9.17) is 0 Å². The monoisotopic (exact) mass is 262 g/mol. The highest BCUT2D eigenvalue weighted by molar-refractivity contribution is 5.35. The van der Waals surface area contributed by atoms with Gasteiger partial charge < -0.3 is 15.3 Å². The molecule has 0 saturated carbocycles. The Bertz CT molecular complexity index is 398. The quantitative estimate of drug-likeness (QED) is 0.800. The van der Waals surface area contributed by atoms with E-state index in [1.165, 1.54) is 31.5 Å². The van der Waals surface area contributed by atoms with Crippen LogP contribution in [0.2, 0.25) is 0 Å². The van der Waals surface area contributed by atoms with Crippen molar-refractivity contribution in [3.05, 3.63) is 29.3 Å². The molecule has 1 saturated heterocycles. The zero-order valence-corrected chi connectivity index (χ0v) is 12.2. The van der Waals surface area contributed by atoms with Gasteiger partial charge in [-0.3, -0.25) is 0 Å². The van der Waals surface area contributed by atoms with Crippen LogP contribution < -0.4 is 5.32 Å². The lowest BCUT2D eigenvalue weighted by atomic mass is 9.99. The minimum atomic E-state index is 0.393. The first-order valence-corrected chi connectivity index (χ1v) is 7.36. The molecule has 0 amide bonds. The molecule has 3 heteroatoms. The number of nitrogens with zero attached hydrogens (tertiary/aromatic N) is 1. The molecule has 1 fully saturated rings. The molecule has 0 bridgehead atoms. The van der Waals surface area contributed by atoms with Crippen LogP contribution in [-0.2, 0) is 6.54 Å². The second-order valence-electron chi connectivity index (χ2n) is 5.83. The summed E-state index contributed by atoms with van der Waals surface area (Å²) in [7, 11) is 0. The fraction of sp³-hybridized carbons (Fsp3) is 0.625. The van der Waals surface area contributed by atoms with Gasteiger partial charge in [-0.05, 0) is 44.8 Å². The van der Waals surface area contributed by atoms with Crippen molar-refractivity contribution in [2.24, 2.45) is 5.92 Å². The van der Waals surface area contributed by atoms with Crippen LogP contribution in [0.5, 0.6) is 5.75 Å². The Hall–Kier alpha value is -1.06. The summed E-state index contributed by atoms with van der Waals surface area (Å²) in [6.45, 7) is 9.71. The lowest BCUT2D eigenvalue weighted by Gasteiger charge is -2.30. The van der Waals surface area contributed by atoms with Crippen LogP contribution >= 0.6 is 0 Å². The van der Waals surface area contributed by atoms with E-state index in [9.17, 15) is 5.11 Å². The van der Waals surface area contributed by atoms with E-state index in [-0.39, 0.29) is 0 Å². The van der Waals surface area contributed by atoms with Gasteiger partial charge in [0.2, 0.25) is 0 Å². The summed E-state index contributed by atoms with van der Waals surface area (Å²) in [5.74, 6) is 1.29. The van der Waals surface area contributed by atoms with Gasteiger partial charge in [0, 0.05) is 25.2 Å². The Labute approximate surface area is 116 Å². The molecule has 0 aromatic heterocycles. The van der Waals surface area contributed by atoms with E-state index in [0.717, 1.165) is 31.1 Å². The minimum absolute atomic E-state index is 0.393. The summed E-state index contributed by atoms with van der Waals surface area (Å²) < 4.78 is 0. The lowest BCUT2D eigenvalue weighted by Crippen LogP contribution is -2.37. The number of hydrogen-bond donors (Lipinski definition) is 2. The number of likely N-dealkylation sites (tertiary alicyclic amines) is 1. The van der Waals surface area contributed by atoms with Crippen molar-refractivity contribution in [2.75, 3.05) is 26.2 Å². The molecule has 2 rings (SSSR count). The van der Waals surface area contributed by atoms with Gasteiger partial charge in [-0.15, -0.1) is 0 Å². The first-order valence-electron chi connectivity index (χ1n) is 7.36. The molecule has 106 valence electrons. The number of benzene rings is 1. The topological polar surface area (TPSA) is 35.5 Å². The summed E-state index contributed by atoms with van der Waals surface area (Å²) in [6, 6.07) is 5.76. The van der Waals surface area contributed by atoms with E-state index < -0.39 is 0 Å². The molecule has 1 heterocycles. The molecule has 1 aromatic rings. The predicted molar refractivity (Wildman–Crippen MR) is 79.4 cm³/mol. The summed E-state index contributed by atoms with van der Waals surface area (Å²) in [6.07, 6.45) is 2.66. The van der Waals surface area contributed by atoms with E-state index in [1.807, 2.05) is 12.1 Å². The lowest BCUT2D eigenvalue weighted by molar-refractivity contribution is 0.193. The van der Waals surface area contributed by atoms with Gasteiger partial charge in [-0.2, -0.15) is 0 Å². The van der Waals surface area contributed by atoms with Crippen LogP contribution in [0.25, 0.3) is 0 Å². The number of phenolic OH excluding ortho intramolecular Hbond substituents is 1. The fourth-order valence-corrected chi connectivity index (χ4v) is 2.60. The van der Waals surface area contributed by atoms with Crippen LogP contribution in [0.15, 0.2) is 18.2 Å². The van der Waals surface area contributed by atoms with Gasteiger partial charge in [0.15, 0.2) is 0 Å². The highest BCUT2D eigenvalue weighted by Gasteiger charge is 2.14. The molecule has 1 aliphatic rings. The molecule has 0 atom stereocenters. The molecule has 0 aliphatic carbocycles. The number of aromatic hydroxyl groups is 1. The molecule has 0 unspecified atom stereocenters. The predicted octanol–water partition coefficient (Wildman–Crippen LogP) is 2.52. The number of aryl methyl sites for hydroxylation is 1. The molecular formula is C16H26N2O. The van der Waals surface area contributed by atoms with Crippen molar-refractivity contribution in [2.45, 2.75) is 33.2 Å². The Balaban J connectivity index is 1.68. The molecule has 1 aromatic carbocycles. The van der Waals surface area contributed by atoms with Crippen LogP contribution in [0.4, 0.5) is 0 Å². The van der Waals surface area contributed by atoms with Gasteiger partial charge in [0.1, 0.15) is 5.75 Å². The van der Waals surface area contributed by atoms with E-state index in [0.29, 0.717) is 5.75 Å². The molecular weight excluding hydrogens is 236 g/mol. The Morgan fingerprint density at radius 3 is 2.79 bits per heavy atom. The molecule has 19 heavy (non-hydrogen) atoms. The van der Waals surface area contributed by atoms with Gasteiger partial charge in [0.05, 0.1) is 0 Å². The third-order valence-electron chi connectivity index (χ3n) is 4.03. The van der Waals surface area contributed by atoms with Crippen molar-refractivity contribution in [3.63, 3.8) is 0 Å². The molecule has 0 spiro atoms. The number of rotatable bonds is 5. The molecule has 0 radical (unpaired) electrons. The Kier molecular flexibility index (Phi) is 5.23. The largest absolute Gasteiger partial charge is 0.508 e. The van der Waals surface area contributed by atoms with Crippen LogP contribution in [-0.4, -0.2) is 36.2 Å². The molecule has 2 N–H and O–H groups in total. The van der Waals surface area contributed by atoms with Gasteiger partial charge in [-0.1, -0.05) is 24.6 Å². The van der Waals surface area contributed by atoms with Crippen LogP contribution in [0.1, 0.15) is 30.9 Å². The maximum absolute atomic E-state index is 9.76. The van der Waals surface area contributed by atoms with Gasteiger partial charge >= 0.3 is 0 Å². The van der Waals surface area contributed by atoms with Crippen molar-refractivity contribution in [3.8, 4) is 5.75 Å². The summed E-state index contributed by atoms with van der Waals surface area (Å²) in [4.78, 5) is 2.53. The Morgan fingerprint density at radius 2 is 2.05 bits per heavy atom. The first-order chi connectivity index (χ1) is 9.15. The SMILES string of the molecule is Cc1ccc(O)c(CNCCN2CCC(C)CC2)c1. The molecule has 3 nitrogen and oxygen atoms in total. The van der Waals surface area contributed by atoms with Gasteiger partial charge in [0.25, 0.3) is 0 Å². The summed E-state index contributed by atoms with van der Waals surface area (Å²) in [5.41, 5.74) is 2.19. The number of piperidine rings is 1. The van der Waals surface area contributed by atoms with Crippen molar-refractivity contribution < 1.29 is 5.11 Å². The third-order valence-corrected chi connectivity index (χ3v) is 4.03. The normalized spacial score (nSPS) is 17.8. The summed E-state index contributed by atoms with van der Waals surface area (Å²) >= 11 is 0. The van der Waals surface area contributed by atoms with E-state index in [2.05, 4.69) is 24.1 Å². The second kappa shape index (κ2) is 6.92. The summed E-state index contributed by atoms with van der Waals surface area (Å²) in [5, 5.41) is 13.2. The number of nitrogens with one attached hydrogen (secondary N) is 1. The smallest absolute Gasteiger partial charge is 0.120 e. The van der Waals surface area contributed by atoms with E-state index >= 15 is 0 Å². The van der Waals surface area contributed by atoms with Crippen molar-refractivity contribution in [1.29, 1.82) is 0 Å². The fourth-order valence-electron chi connectivity index (χ4n) is 2.60. The number of hydrogen-bond acceptors (Lipinski definition) is 3. The molecule has 1 aliphatic heterocycles. The van der Waals surface area contributed by atoms with Crippen LogP contribution in [0, 0.1) is 12.8 Å². The average Bonchev–Trinajstić information content (AvgIpc) is 2.40. The number of phenols is 1. The van der Waals surface area contributed by atoms with Crippen molar-refractivity contribution >= 4 is 0 Å². The van der Waals surface area contributed by atoms with Crippen molar-refractivity contribution in [1.82, 2.24) is 10.2 Å². The van der Waals surface area contributed by atoms with Gasteiger partial charge in [-0.25, -0.2) is 0 Å². The zero-order chi connectivity index (χ0) is 13.7. The average molecular weight is 262 g/mol. The zero-order valence-electron chi connectivity index (χ0n) is 12.2.